The molecule has 1 aliphatic carbocycles. The van der Waals surface area contributed by atoms with E-state index in [1.165, 1.54) is 0 Å². The number of hydrogen-bond acceptors (Lipinski definition) is 5. The van der Waals surface area contributed by atoms with Crippen molar-refractivity contribution >= 4 is 5.91 Å². The number of amides is 1. The van der Waals surface area contributed by atoms with Gasteiger partial charge < -0.3 is 10.1 Å². The van der Waals surface area contributed by atoms with Crippen molar-refractivity contribution in [3.8, 4) is 11.8 Å². The molecule has 0 spiro atoms. The molecule has 31 heavy (non-hydrogen) atoms. The van der Waals surface area contributed by atoms with Crippen LogP contribution < -0.4 is 10.1 Å². The Bertz CT molecular complexity index is 1000. The smallest absolute Gasteiger partial charge is 0.254 e. The van der Waals surface area contributed by atoms with Crippen LogP contribution in [0.5, 0.6) is 5.75 Å². The molecule has 0 aliphatic heterocycles. The van der Waals surface area contributed by atoms with Crippen LogP contribution in [0, 0.1) is 36.0 Å². The molecule has 6 nitrogen and oxygen atoms in total. The Morgan fingerprint density at radius 3 is 2.10 bits per heavy atom. The van der Waals surface area contributed by atoms with Crippen LogP contribution in [0.4, 0.5) is 0 Å². The molecule has 1 aliphatic rings. The number of nitrogens with zero attached hydrogens (tertiary/aromatic N) is 3. The average Bonchev–Trinajstić information content (AvgIpc) is 2.69. The van der Waals surface area contributed by atoms with E-state index in [2.05, 4.69) is 49.0 Å². The van der Waals surface area contributed by atoms with Crippen LogP contribution >= 0.6 is 0 Å². The standard InChI is InChI=1S/C25H32N4O2.H2/c1-14(2)20-27-12-17(13-28-20)21(30)29-22-24(5,6)23(25(22,7)8)31-18-9-15(3)19(11-26)16(4)10-18;/h9-10,12-14,22-23H,1-8H3,(H,29,30);1H. The number of carbonyl (C=O) groups excluding carboxylic acids is 1. The summed E-state index contributed by atoms with van der Waals surface area (Å²) in [4.78, 5) is 21.5. The molecular weight excluding hydrogens is 388 g/mol. The Morgan fingerprint density at radius 2 is 1.65 bits per heavy atom. The highest BCUT2D eigenvalue weighted by Gasteiger charge is 2.64. The lowest BCUT2D eigenvalue weighted by molar-refractivity contribution is -0.164. The van der Waals surface area contributed by atoms with E-state index in [0.29, 0.717) is 11.1 Å². The summed E-state index contributed by atoms with van der Waals surface area (Å²) in [7, 11) is 0. The van der Waals surface area contributed by atoms with Crippen LogP contribution in [0.2, 0.25) is 0 Å². The van der Waals surface area contributed by atoms with Crippen molar-refractivity contribution in [2.24, 2.45) is 10.8 Å². The first-order chi connectivity index (χ1) is 14.4. The van der Waals surface area contributed by atoms with E-state index in [-0.39, 0.29) is 36.2 Å². The first kappa shape index (κ1) is 22.7. The minimum Gasteiger partial charge on any atom is -0.489 e. The molecule has 1 aromatic carbocycles. The zero-order valence-electron chi connectivity index (χ0n) is 19.7. The Kier molecular flexibility index (Phi) is 5.84. The fraction of sp³-hybridized carbons (Fsp3) is 0.520. The lowest BCUT2D eigenvalue weighted by atomic mass is 9.49. The molecule has 1 amide bonds. The van der Waals surface area contributed by atoms with Gasteiger partial charge in [-0.2, -0.15) is 5.26 Å². The first-order valence-corrected chi connectivity index (χ1v) is 10.7. The van der Waals surface area contributed by atoms with Crippen molar-refractivity contribution in [1.82, 2.24) is 15.3 Å². The van der Waals surface area contributed by atoms with Crippen molar-refractivity contribution in [1.29, 1.82) is 5.26 Å². The predicted molar refractivity (Wildman–Crippen MR) is 122 cm³/mol. The van der Waals surface area contributed by atoms with Crippen LogP contribution in [-0.4, -0.2) is 28.0 Å². The van der Waals surface area contributed by atoms with Crippen LogP contribution in [0.25, 0.3) is 0 Å². The number of carbonyl (C=O) groups is 1. The normalized spacial score (nSPS) is 21.2. The summed E-state index contributed by atoms with van der Waals surface area (Å²) in [5.74, 6) is 1.52. The van der Waals surface area contributed by atoms with Crippen molar-refractivity contribution in [2.75, 3.05) is 0 Å². The van der Waals surface area contributed by atoms with Gasteiger partial charge in [0.05, 0.1) is 17.2 Å². The third-order valence-corrected chi connectivity index (χ3v) is 6.44. The van der Waals surface area contributed by atoms with Gasteiger partial charge in [0, 0.05) is 36.6 Å². The van der Waals surface area contributed by atoms with Gasteiger partial charge in [-0.25, -0.2) is 9.97 Å². The Morgan fingerprint density at radius 1 is 1.13 bits per heavy atom. The topological polar surface area (TPSA) is 87.9 Å². The molecule has 1 heterocycles. The van der Waals surface area contributed by atoms with Crippen LogP contribution in [-0.2, 0) is 0 Å². The van der Waals surface area contributed by atoms with Gasteiger partial charge in [-0.05, 0) is 37.1 Å². The monoisotopic (exact) mass is 422 g/mol. The predicted octanol–water partition coefficient (Wildman–Crippen LogP) is 4.95. The molecule has 166 valence electrons. The highest BCUT2D eigenvalue weighted by molar-refractivity contribution is 5.94. The molecule has 1 aromatic heterocycles. The van der Waals surface area contributed by atoms with Crippen molar-refractivity contribution in [2.45, 2.75) is 73.5 Å². The van der Waals surface area contributed by atoms with E-state index in [9.17, 15) is 10.1 Å². The van der Waals surface area contributed by atoms with Crippen molar-refractivity contribution < 1.29 is 11.0 Å². The van der Waals surface area contributed by atoms with Crippen LogP contribution in [0.3, 0.4) is 0 Å². The van der Waals surface area contributed by atoms with Gasteiger partial charge in [-0.3, -0.25) is 4.79 Å². The molecule has 2 aromatic rings. The minimum absolute atomic E-state index is 0. The zero-order valence-corrected chi connectivity index (χ0v) is 19.7. The minimum atomic E-state index is -0.284. The van der Waals surface area contributed by atoms with E-state index in [1.54, 1.807) is 12.4 Å². The van der Waals surface area contributed by atoms with E-state index < -0.39 is 0 Å². The number of aryl methyl sites for hydroxylation is 2. The maximum Gasteiger partial charge on any atom is 0.254 e. The number of rotatable bonds is 5. The second-order valence-electron chi connectivity index (χ2n) is 10.1. The van der Waals surface area contributed by atoms with Gasteiger partial charge in [-0.1, -0.05) is 41.5 Å². The SMILES string of the molecule is Cc1cc(OC2C(C)(C)C(NC(=O)c3cnc(C(C)C)nc3)C2(C)C)cc(C)c1C#N.[HH]. The Balaban J connectivity index is 0.00000363. The molecule has 0 unspecified atom stereocenters. The zero-order chi connectivity index (χ0) is 23.1. The van der Waals surface area contributed by atoms with Gasteiger partial charge in [0.1, 0.15) is 17.7 Å². The number of ether oxygens (including phenoxy) is 1. The number of hydrogen-bond donors (Lipinski definition) is 1. The van der Waals surface area contributed by atoms with E-state index in [0.717, 1.165) is 22.7 Å². The highest BCUT2D eigenvalue weighted by Crippen LogP contribution is 2.55. The lowest BCUT2D eigenvalue weighted by Gasteiger charge is -2.63. The average molecular weight is 423 g/mol. The number of aromatic nitrogens is 2. The quantitative estimate of drug-likeness (QED) is 0.737. The molecule has 0 saturated heterocycles. The fourth-order valence-corrected chi connectivity index (χ4v) is 5.07. The lowest BCUT2D eigenvalue weighted by Crippen LogP contribution is -2.74. The van der Waals surface area contributed by atoms with Gasteiger partial charge in [-0.15, -0.1) is 0 Å². The summed E-state index contributed by atoms with van der Waals surface area (Å²) in [6, 6.07) is 5.99. The Labute approximate surface area is 186 Å². The first-order valence-electron chi connectivity index (χ1n) is 10.7. The Hall–Kier alpha value is -2.94. The third-order valence-electron chi connectivity index (χ3n) is 6.44. The summed E-state index contributed by atoms with van der Waals surface area (Å²) >= 11 is 0. The molecule has 0 bridgehead atoms. The van der Waals surface area contributed by atoms with Crippen LogP contribution in [0.15, 0.2) is 24.5 Å². The summed E-state index contributed by atoms with van der Waals surface area (Å²) in [5, 5.41) is 12.5. The van der Waals surface area contributed by atoms with E-state index >= 15 is 0 Å². The molecule has 1 fully saturated rings. The number of nitrogens with one attached hydrogen (secondary N) is 1. The number of nitriles is 1. The summed E-state index contributed by atoms with van der Waals surface area (Å²) in [6.45, 7) is 16.3. The number of benzene rings is 1. The molecule has 1 N–H and O–H groups in total. The fourth-order valence-electron chi connectivity index (χ4n) is 5.07. The van der Waals surface area contributed by atoms with Gasteiger partial charge in [0.15, 0.2) is 0 Å². The molecule has 0 radical (unpaired) electrons. The molecule has 3 rings (SSSR count). The van der Waals surface area contributed by atoms with Crippen molar-refractivity contribution in [3.63, 3.8) is 0 Å². The molecule has 0 atom stereocenters. The second kappa shape index (κ2) is 7.96. The van der Waals surface area contributed by atoms with Gasteiger partial charge in [0.2, 0.25) is 0 Å². The highest BCUT2D eigenvalue weighted by atomic mass is 16.5. The summed E-state index contributed by atoms with van der Waals surface area (Å²) < 4.78 is 6.42. The van der Waals surface area contributed by atoms with E-state index in [1.807, 2.05) is 39.8 Å². The maximum absolute atomic E-state index is 12.9. The third kappa shape index (κ3) is 4.01. The van der Waals surface area contributed by atoms with Gasteiger partial charge in [0.25, 0.3) is 5.91 Å². The maximum atomic E-state index is 12.9. The molecule has 6 heteroatoms. The van der Waals surface area contributed by atoms with Gasteiger partial charge >= 0.3 is 0 Å². The summed E-state index contributed by atoms with van der Waals surface area (Å²) in [5.41, 5.74) is 2.39. The van der Waals surface area contributed by atoms with Crippen molar-refractivity contribution in [3.05, 3.63) is 52.6 Å². The largest absolute Gasteiger partial charge is 0.489 e. The van der Waals surface area contributed by atoms with Crippen LogP contribution in [0.1, 0.15) is 81.8 Å². The molecule has 1 saturated carbocycles. The summed E-state index contributed by atoms with van der Waals surface area (Å²) in [6.07, 6.45) is 3.08. The molecular formula is C25H34N4O2. The second-order valence-corrected chi connectivity index (χ2v) is 10.1. The van der Waals surface area contributed by atoms with E-state index in [4.69, 9.17) is 4.74 Å².